The smallest absolute Gasteiger partial charge is 0.228 e. The van der Waals surface area contributed by atoms with Crippen molar-refractivity contribution in [3.8, 4) is 44.8 Å². The Bertz CT molecular complexity index is 2140. The number of nitrogens with zero attached hydrogens (tertiary/aromatic N) is 3. The third kappa shape index (κ3) is 3.60. The molecule has 188 valence electrons. The van der Waals surface area contributed by atoms with Crippen LogP contribution in [0.5, 0.6) is 0 Å². The van der Waals surface area contributed by atoms with Gasteiger partial charge in [0.25, 0.3) is 0 Å². The summed E-state index contributed by atoms with van der Waals surface area (Å²) in [5, 5.41) is 2.47. The molecule has 8 rings (SSSR count). The van der Waals surface area contributed by atoms with Gasteiger partial charge >= 0.3 is 0 Å². The van der Waals surface area contributed by atoms with E-state index in [4.69, 9.17) is 9.40 Å². The molecule has 4 aromatic heterocycles. The minimum Gasteiger partial charge on any atom is -0.436 e. The Morgan fingerprint density at radius 3 is 2.02 bits per heavy atom. The lowest BCUT2D eigenvalue weighted by atomic mass is 9.93. The number of fused-ring (bicyclic) bond motifs is 4. The van der Waals surface area contributed by atoms with Gasteiger partial charge in [0.05, 0.1) is 5.52 Å². The topological polar surface area (TPSA) is 67.6 Å². The van der Waals surface area contributed by atoms with E-state index in [2.05, 4.69) is 81.7 Å². The summed E-state index contributed by atoms with van der Waals surface area (Å²) >= 11 is 0. The Balaban J connectivity index is 1.22. The largest absolute Gasteiger partial charge is 0.436 e. The van der Waals surface area contributed by atoms with Crippen LogP contribution in [0.2, 0.25) is 0 Å². The third-order valence-corrected chi connectivity index (χ3v) is 7.50. The van der Waals surface area contributed by atoms with Crippen LogP contribution >= 0.6 is 0 Å². The first-order valence-corrected chi connectivity index (χ1v) is 13.2. The quantitative estimate of drug-likeness (QED) is 0.255. The van der Waals surface area contributed by atoms with Gasteiger partial charge in [0.1, 0.15) is 5.52 Å². The summed E-state index contributed by atoms with van der Waals surface area (Å²) in [5.41, 5.74) is 11.1. The SMILES string of the molecule is c1ccc2oc(-c3ccncc3-c3cnccc3-c3ccc(-c4cccc5c4[nH]c4ccccc45)cc3)nc2c1. The lowest BCUT2D eigenvalue weighted by Gasteiger charge is -2.12. The first-order valence-electron chi connectivity index (χ1n) is 13.2. The summed E-state index contributed by atoms with van der Waals surface area (Å²) < 4.78 is 6.12. The summed E-state index contributed by atoms with van der Waals surface area (Å²) in [5.74, 6) is 0.565. The molecule has 0 fully saturated rings. The third-order valence-electron chi connectivity index (χ3n) is 7.50. The maximum Gasteiger partial charge on any atom is 0.228 e. The second-order valence-electron chi connectivity index (χ2n) is 9.81. The highest BCUT2D eigenvalue weighted by Gasteiger charge is 2.17. The monoisotopic (exact) mass is 514 g/mol. The van der Waals surface area contributed by atoms with Crippen LogP contribution < -0.4 is 0 Å². The van der Waals surface area contributed by atoms with E-state index in [1.807, 2.05) is 55.0 Å². The molecule has 0 radical (unpaired) electrons. The zero-order valence-corrected chi connectivity index (χ0v) is 21.4. The number of benzene rings is 4. The number of pyridine rings is 2. The molecule has 0 aliphatic heterocycles. The fourth-order valence-electron chi connectivity index (χ4n) is 5.59. The van der Waals surface area contributed by atoms with Crippen LogP contribution in [-0.4, -0.2) is 19.9 Å². The molecule has 5 heteroatoms. The number of hydrogen-bond acceptors (Lipinski definition) is 4. The van der Waals surface area contributed by atoms with Crippen molar-refractivity contribution >= 4 is 32.9 Å². The van der Waals surface area contributed by atoms with Crippen molar-refractivity contribution < 1.29 is 4.42 Å². The van der Waals surface area contributed by atoms with Crippen molar-refractivity contribution in [2.75, 3.05) is 0 Å². The predicted molar refractivity (Wildman–Crippen MR) is 161 cm³/mol. The fraction of sp³-hybridized carbons (Fsp3) is 0. The van der Waals surface area contributed by atoms with E-state index in [1.165, 1.54) is 16.3 Å². The lowest BCUT2D eigenvalue weighted by molar-refractivity contribution is 0.620. The summed E-state index contributed by atoms with van der Waals surface area (Å²) in [4.78, 5) is 17.3. The first-order chi connectivity index (χ1) is 19.8. The summed E-state index contributed by atoms with van der Waals surface area (Å²) in [7, 11) is 0. The molecule has 5 nitrogen and oxygen atoms in total. The van der Waals surface area contributed by atoms with E-state index in [1.54, 1.807) is 6.20 Å². The number of aromatic amines is 1. The molecule has 1 N–H and O–H groups in total. The Kier molecular flexibility index (Phi) is 5.07. The number of nitrogens with one attached hydrogen (secondary N) is 1. The van der Waals surface area contributed by atoms with E-state index in [-0.39, 0.29) is 0 Å². The Morgan fingerprint density at radius 1 is 0.525 bits per heavy atom. The molecule has 0 aliphatic rings. The lowest BCUT2D eigenvalue weighted by Crippen LogP contribution is -1.91. The number of rotatable bonds is 4. The molecule has 0 atom stereocenters. The van der Waals surface area contributed by atoms with Crippen LogP contribution in [0.4, 0.5) is 0 Å². The van der Waals surface area contributed by atoms with Gasteiger partial charge in [-0.05, 0) is 47.0 Å². The molecule has 0 saturated heterocycles. The van der Waals surface area contributed by atoms with Gasteiger partial charge in [-0.1, -0.05) is 72.8 Å². The second-order valence-corrected chi connectivity index (χ2v) is 9.81. The van der Waals surface area contributed by atoms with Crippen molar-refractivity contribution in [3.63, 3.8) is 0 Å². The van der Waals surface area contributed by atoms with Gasteiger partial charge in [-0.25, -0.2) is 4.98 Å². The van der Waals surface area contributed by atoms with Gasteiger partial charge in [-0.3, -0.25) is 9.97 Å². The molecule has 0 unspecified atom stereocenters. The molecule has 0 amide bonds. The number of oxazole rings is 1. The molecule has 0 bridgehead atoms. The van der Waals surface area contributed by atoms with Gasteiger partial charge in [0, 0.05) is 63.3 Å². The molecule has 0 aliphatic carbocycles. The Labute approximate surface area is 229 Å². The first kappa shape index (κ1) is 22.4. The van der Waals surface area contributed by atoms with Gasteiger partial charge < -0.3 is 9.40 Å². The van der Waals surface area contributed by atoms with Crippen molar-refractivity contribution in [1.29, 1.82) is 0 Å². The highest BCUT2D eigenvalue weighted by atomic mass is 16.3. The van der Waals surface area contributed by atoms with E-state index in [0.29, 0.717) is 5.89 Å². The second kappa shape index (κ2) is 9.03. The normalized spacial score (nSPS) is 11.5. The van der Waals surface area contributed by atoms with E-state index in [0.717, 1.165) is 55.5 Å². The van der Waals surface area contributed by atoms with Crippen LogP contribution in [0.25, 0.3) is 77.7 Å². The predicted octanol–water partition coefficient (Wildman–Crippen LogP) is 8.92. The van der Waals surface area contributed by atoms with Crippen LogP contribution in [0, 0.1) is 0 Å². The maximum absolute atomic E-state index is 6.12. The maximum atomic E-state index is 6.12. The van der Waals surface area contributed by atoms with Crippen LogP contribution in [-0.2, 0) is 0 Å². The van der Waals surface area contributed by atoms with Crippen LogP contribution in [0.15, 0.2) is 132 Å². The minimum atomic E-state index is 0.565. The van der Waals surface area contributed by atoms with E-state index >= 15 is 0 Å². The molecular weight excluding hydrogens is 492 g/mol. The van der Waals surface area contributed by atoms with Crippen molar-refractivity contribution in [2.24, 2.45) is 0 Å². The highest BCUT2D eigenvalue weighted by Crippen LogP contribution is 2.39. The average molecular weight is 515 g/mol. The molecule has 8 aromatic rings. The average Bonchev–Trinajstić information content (AvgIpc) is 3.63. The van der Waals surface area contributed by atoms with Crippen molar-refractivity contribution in [1.82, 2.24) is 19.9 Å². The van der Waals surface area contributed by atoms with Gasteiger partial charge in [0.2, 0.25) is 5.89 Å². The van der Waals surface area contributed by atoms with Gasteiger partial charge in [-0.2, -0.15) is 0 Å². The zero-order valence-electron chi connectivity index (χ0n) is 21.4. The minimum absolute atomic E-state index is 0.565. The Hall–Kier alpha value is -5.55. The number of H-pyrrole nitrogens is 1. The number of aromatic nitrogens is 4. The molecular formula is C35H22N4O. The molecule has 0 spiro atoms. The standard InChI is InChI=1S/C35H22N4O/c1-2-9-31-26(6-1)27-8-5-7-25(34(27)38-31)23-14-12-22(13-15-23)24-16-18-36-20-29(24)30-21-37-19-17-28(30)35-39-32-10-3-4-11-33(32)40-35/h1-21,38H. The zero-order chi connectivity index (χ0) is 26.5. The van der Waals surface area contributed by atoms with E-state index in [9.17, 15) is 0 Å². The van der Waals surface area contributed by atoms with Crippen LogP contribution in [0.3, 0.4) is 0 Å². The number of hydrogen-bond donors (Lipinski definition) is 1. The molecule has 40 heavy (non-hydrogen) atoms. The molecule has 0 saturated carbocycles. The Morgan fingerprint density at radius 2 is 1.20 bits per heavy atom. The highest BCUT2D eigenvalue weighted by molar-refractivity contribution is 6.11. The summed E-state index contributed by atoms with van der Waals surface area (Å²) in [6, 6.07) is 35.4. The molecule has 4 heterocycles. The summed E-state index contributed by atoms with van der Waals surface area (Å²) in [6.07, 6.45) is 7.34. The van der Waals surface area contributed by atoms with Gasteiger partial charge in [-0.15, -0.1) is 0 Å². The molecule has 4 aromatic carbocycles. The van der Waals surface area contributed by atoms with Crippen molar-refractivity contribution in [3.05, 3.63) is 128 Å². The fourth-order valence-corrected chi connectivity index (χ4v) is 5.59. The summed E-state index contributed by atoms with van der Waals surface area (Å²) in [6.45, 7) is 0. The van der Waals surface area contributed by atoms with E-state index < -0.39 is 0 Å². The van der Waals surface area contributed by atoms with Crippen LogP contribution in [0.1, 0.15) is 0 Å². The number of para-hydroxylation sites is 4. The van der Waals surface area contributed by atoms with Crippen molar-refractivity contribution in [2.45, 2.75) is 0 Å². The van der Waals surface area contributed by atoms with Gasteiger partial charge in [0.15, 0.2) is 5.58 Å².